The Morgan fingerprint density at radius 2 is 2.13 bits per heavy atom. The number of aliphatic imine (C=N–C) groups is 1. The number of ether oxygens (including phenoxy) is 1. The van der Waals surface area contributed by atoms with Gasteiger partial charge in [-0.25, -0.2) is 0 Å². The zero-order valence-corrected chi connectivity index (χ0v) is 19.4. The highest BCUT2D eigenvalue weighted by Crippen LogP contribution is 2.26. The molecule has 3 rings (SSSR count). The predicted octanol–water partition coefficient (Wildman–Crippen LogP) is 2.23. The van der Waals surface area contributed by atoms with E-state index in [4.69, 9.17) is 15.5 Å². The molecule has 1 aromatic rings. The highest BCUT2D eigenvalue weighted by molar-refractivity contribution is 5.80. The molecule has 2 atom stereocenters. The minimum Gasteiger partial charge on any atom is -0.370 e. The molecular formula is C24H39N5O2. The zero-order valence-electron chi connectivity index (χ0n) is 19.4. The lowest BCUT2D eigenvalue weighted by atomic mass is 9.97. The molecule has 0 aliphatic carbocycles. The molecule has 2 fully saturated rings. The lowest BCUT2D eigenvalue weighted by molar-refractivity contribution is -0.123. The van der Waals surface area contributed by atoms with E-state index in [0.29, 0.717) is 6.61 Å². The summed E-state index contributed by atoms with van der Waals surface area (Å²) >= 11 is 0. The maximum atomic E-state index is 11.5. The first-order valence-corrected chi connectivity index (χ1v) is 11.7. The summed E-state index contributed by atoms with van der Waals surface area (Å²) in [6.07, 6.45) is 3.02. The Kier molecular flexibility index (Phi) is 8.72. The van der Waals surface area contributed by atoms with Crippen LogP contribution in [0.2, 0.25) is 0 Å². The van der Waals surface area contributed by atoms with Crippen molar-refractivity contribution in [3.8, 4) is 0 Å². The maximum absolute atomic E-state index is 11.5. The molecule has 2 unspecified atom stereocenters. The van der Waals surface area contributed by atoms with Gasteiger partial charge in [-0.15, -0.1) is 0 Å². The molecule has 1 aromatic carbocycles. The average molecular weight is 430 g/mol. The Morgan fingerprint density at radius 3 is 2.87 bits per heavy atom. The average Bonchev–Trinajstić information content (AvgIpc) is 2.76. The number of benzene rings is 1. The fourth-order valence-electron chi connectivity index (χ4n) is 4.61. The first-order chi connectivity index (χ1) is 15.0. The molecule has 0 saturated carbocycles. The van der Waals surface area contributed by atoms with Crippen LogP contribution in [0, 0.1) is 19.8 Å². The summed E-state index contributed by atoms with van der Waals surface area (Å²) < 4.78 is 6.11. The van der Waals surface area contributed by atoms with Crippen LogP contribution in [0.25, 0.3) is 0 Å². The molecule has 2 aliphatic rings. The Morgan fingerprint density at radius 1 is 1.29 bits per heavy atom. The van der Waals surface area contributed by atoms with E-state index in [1.54, 1.807) is 0 Å². The third-order valence-corrected chi connectivity index (χ3v) is 6.27. The highest BCUT2D eigenvalue weighted by Gasteiger charge is 2.26. The molecule has 0 spiro atoms. The van der Waals surface area contributed by atoms with Gasteiger partial charge in [-0.2, -0.15) is 0 Å². The number of piperidine rings is 1. The Balaban J connectivity index is 1.55. The predicted molar refractivity (Wildman–Crippen MR) is 125 cm³/mol. The van der Waals surface area contributed by atoms with E-state index in [9.17, 15) is 4.79 Å². The zero-order chi connectivity index (χ0) is 22.2. The van der Waals surface area contributed by atoms with Gasteiger partial charge in [-0.3, -0.25) is 9.79 Å². The van der Waals surface area contributed by atoms with Gasteiger partial charge < -0.3 is 25.6 Å². The molecule has 2 aliphatic heterocycles. The molecule has 7 heteroatoms. The molecule has 0 bridgehead atoms. The number of hydrogen-bond donors (Lipinski definition) is 2. The molecule has 172 valence electrons. The summed E-state index contributed by atoms with van der Waals surface area (Å²) in [5.74, 6) is 0.808. The summed E-state index contributed by atoms with van der Waals surface area (Å²) in [4.78, 5) is 21.1. The smallest absolute Gasteiger partial charge is 0.221 e. The minimum absolute atomic E-state index is 0.00471. The quantitative estimate of drug-likeness (QED) is 0.395. The molecule has 3 N–H and O–H groups in total. The van der Waals surface area contributed by atoms with Crippen LogP contribution in [-0.4, -0.2) is 74.1 Å². The molecule has 2 saturated heterocycles. The maximum Gasteiger partial charge on any atom is 0.221 e. The molecule has 2 heterocycles. The molecule has 0 radical (unpaired) electrons. The topological polar surface area (TPSA) is 83.2 Å². The van der Waals surface area contributed by atoms with Crippen molar-refractivity contribution in [2.45, 2.75) is 46.1 Å². The van der Waals surface area contributed by atoms with Crippen molar-refractivity contribution in [3.05, 3.63) is 34.9 Å². The SMILES string of the molecule is CCNC(=NCCCN1CCCC(C(N)=O)C1)N1CCOC(c2ccc(C)cc2C)C1. The number of morpholine rings is 1. The van der Waals surface area contributed by atoms with Crippen LogP contribution in [0.4, 0.5) is 0 Å². The van der Waals surface area contributed by atoms with Gasteiger partial charge in [0.15, 0.2) is 5.96 Å². The van der Waals surface area contributed by atoms with Crippen LogP contribution in [0.5, 0.6) is 0 Å². The van der Waals surface area contributed by atoms with Crippen LogP contribution in [-0.2, 0) is 9.53 Å². The van der Waals surface area contributed by atoms with Crippen molar-refractivity contribution in [3.63, 3.8) is 0 Å². The van der Waals surface area contributed by atoms with Crippen molar-refractivity contribution >= 4 is 11.9 Å². The number of guanidine groups is 1. The van der Waals surface area contributed by atoms with Crippen LogP contribution in [0.15, 0.2) is 23.2 Å². The van der Waals surface area contributed by atoms with Crippen molar-refractivity contribution in [2.75, 3.05) is 52.4 Å². The summed E-state index contributed by atoms with van der Waals surface area (Å²) in [5.41, 5.74) is 9.32. The van der Waals surface area contributed by atoms with E-state index in [0.717, 1.165) is 71.0 Å². The van der Waals surface area contributed by atoms with Crippen LogP contribution < -0.4 is 11.1 Å². The Hall–Kier alpha value is -2.12. The van der Waals surface area contributed by atoms with Gasteiger partial charge in [0.05, 0.1) is 19.1 Å². The van der Waals surface area contributed by atoms with Gasteiger partial charge >= 0.3 is 0 Å². The van der Waals surface area contributed by atoms with Gasteiger partial charge in [-0.1, -0.05) is 23.8 Å². The highest BCUT2D eigenvalue weighted by atomic mass is 16.5. The summed E-state index contributed by atoms with van der Waals surface area (Å²) in [5, 5.41) is 3.45. The van der Waals surface area contributed by atoms with Gasteiger partial charge in [0, 0.05) is 26.2 Å². The van der Waals surface area contributed by atoms with Gasteiger partial charge in [0.2, 0.25) is 5.91 Å². The molecule has 7 nitrogen and oxygen atoms in total. The van der Waals surface area contributed by atoms with Crippen molar-refractivity contribution in [2.24, 2.45) is 16.6 Å². The number of nitrogens with zero attached hydrogens (tertiary/aromatic N) is 3. The minimum atomic E-state index is -0.164. The standard InChI is InChI=1S/C24H39N5O2/c1-4-26-24(27-10-6-12-28-11-5-7-20(16-28)23(25)30)29-13-14-31-22(17-29)21-9-8-18(2)15-19(21)3/h8-9,15,20,22H,4-7,10-14,16-17H2,1-3H3,(H2,25,30)(H,26,27). The van der Waals surface area contributed by atoms with Gasteiger partial charge in [0.25, 0.3) is 0 Å². The third-order valence-electron chi connectivity index (χ3n) is 6.27. The van der Waals surface area contributed by atoms with Crippen LogP contribution in [0.1, 0.15) is 49.0 Å². The monoisotopic (exact) mass is 429 g/mol. The second-order valence-corrected chi connectivity index (χ2v) is 8.80. The molecule has 0 aromatic heterocycles. The van der Waals surface area contributed by atoms with E-state index in [-0.39, 0.29) is 17.9 Å². The molecule has 1 amide bonds. The van der Waals surface area contributed by atoms with E-state index in [2.05, 4.69) is 54.1 Å². The largest absolute Gasteiger partial charge is 0.370 e. The number of primary amides is 1. The van der Waals surface area contributed by atoms with Gasteiger partial charge in [0.1, 0.15) is 6.10 Å². The fraction of sp³-hybridized carbons (Fsp3) is 0.667. The summed E-state index contributed by atoms with van der Waals surface area (Å²) in [6, 6.07) is 6.58. The van der Waals surface area contributed by atoms with E-state index in [1.807, 2.05) is 0 Å². The number of amides is 1. The number of carbonyl (C=O) groups excluding carboxylic acids is 1. The van der Waals surface area contributed by atoms with Crippen LogP contribution in [0.3, 0.4) is 0 Å². The Labute approximate surface area is 187 Å². The summed E-state index contributed by atoms with van der Waals surface area (Å²) in [7, 11) is 0. The summed E-state index contributed by atoms with van der Waals surface area (Å²) in [6.45, 7) is 13.2. The number of rotatable bonds is 7. The second-order valence-electron chi connectivity index (χ2n) is 8.80. The second kappa shape index (κ2) is 11.5. The number of nitrogens with two attached hydrogens (primary N) is 1. The van der Waals surface area contributed by atoms with E-state index >= 15 is 0 Å². The Bertz CT molecular complexity index is 766. The van der Waals surface area contributed by atoms with E-state index < -0.39 is 0 Å². The van der Waals surface area contributed by atoms with Crippen molar-refractivity contribution < 1.29 is 9.53 Å². The fourth-order valence-corrected chi connectivity index (χ4v) is 4.61. The number of aryl methyl sites for hydroxylation is 2. The first-order valence-electron chi connectivity index (χ1n) is 11.7. The number of nitrogens with one attached hydrogen (secondary N) is 1. The molecular weight excluding hydrogens is 390 g/mol. The van der Waals surface area contributed by atoms with Crippen molar-refractivity contribution in [1.82, 2.24) is 15.1 Å². The third kappa shape index (κ3) is 6.68. The lowest BCUT2D eigenvalue weighted by Crippen LogP contribution is -2.48. The van der Waals surface area contributed by atoms with Gasteiger partial charge in [-0.05, 0) is 64.3 Å². The number of carbonyl (C=O) groups is 1. The number of hydrogen-bond acceptors (Lipinski definition) is 4. The molecule has 31 heavy (non-hydrogen) atoms. The van der Waals surface area contributed by atoms with E-state index in [1.165, 1.54) is 16.7 Å². The normalized spacial score (nSPS) is 23.1. The van der Waals surface area contributed by atoms with Crippen molar-refractivity contribution in [1.29, 1.82) is 0 Å². The number of likely N-dealkylation sites (tertiary alicyclic amines) is 1. The lowest BCUT2D eigenvalue weighted by Gasteiger charge is -2.36. The first kappa shape index (κ1) is 23.5. The van der Waals surface area contributed by atoms with Crippen LogP contribution >= 0.6 is 0 Å².